The Labute approximate surface area is 185 Å². The first kappa shape index (κ1) is 22.6. The van der Waals surface area contributed by atoms with Gasteiger partial charge in [-0.15, -0.1) is 11.3 Å². The monoisotopic (exact) mass is 470 g/mol. The molecule has 2 atom stereocenters. The lowest BCUT2D eigenvalue weighted by atomic mass is 9.97. The lowest BCUT2D eigenvalue weighted by molar-refractivity contribution is -0.140. The van der Waals surface area contributed by atoms with Crippen molar-refractivity contribution in [1.29, 1.82) is 0 Å². The lowest BCUT2D eigenvalue weighted by Gasteiger charge is -2.38. The number of likely N-dealkylation sites (tertiary alicyclic amines) is 1. The van der Waals surface area contributed by atoms with Crippen LogP contribution < -0.4 is 4.72 Å². The number of anilines is 1. The Morgan fingerprint density at radius 2 is 1.77 bits per heavy atom. The summed E-state index contributed by atoms with van der Waals surface area (Å²) in [5.41, 5.74) is 0.521. The molecule has 1 aromatic heterocycles. The predicted molar refractivity (Wildman–Crippen MR) is 116 cm³/mol. The Bertz CT molecular complexity index is 1010. The van der Waals surface area contributed by atoms with Gasteiger partial charge in [0.15, 0.2) is 6.61 Å². The summed E-state index contributed by atoms with van der Waals surface area (Å²) in [7, 11) is -3.75. The third-order valence-electron chi connectivity index (χ3n) is 4.99. The molecule has 1 aromatic carbocycles. The highest BCUT2D eigenvalue weighted by molar-refractivity contribution is 7.94. The Morgan fingerprint density at radius 3 is 2.33 bits per heavy atom. The third kappa shape index (κ3) is 5.33. The summed E-state index contributed by atoms with van der Waals surface area (Å²) in [6, 6.07) is 8.99. The molecule has 7 nitrogen and oxygen atoms in total. The van der Waals surface area contributed by atoms with Crippen molar-refractivity contribution in [2.45, 2.75) is 49.4 Å². The Hall–Kier alpha value is -2.10. The zero-order chi connectivity index (χ0) is 21.9. The largest absolute Gasteiger partial charge is 0.452 e. The van der Waals surface area contributed by atoms with Gasteiger partial charge in [-0.1, -0.05) is 11.6 Å². The number of ether oxygens (including phenoxy) is 1. The summed E-state index contributed by atoms with van der Waals surface area (Å²) in [5.74, 6) is -0.845. The van der Waals surface area contributed by atoms with Crippen molar-refractivity contribution in [1.82, 2.24) is 4.90 Å². The highest BCUT2D eigenvalue weighted by Gasteiger charge is 2.29. The van der Waals surface area contributed by atoms with Gasteiger partial charge in [0.1, 0.15) is 4.21 Å². The number of hydrogen-bond acceptors (Lipinski definition) is 6. The number of rotatable bonds is 6. The van der Waals surface area contributed by atoms with Crippen LogP contribution in [0.25, 0.3) is 0 Å². The van der Waals surface area contributed by atoms with Gasteiger partial charge in [0.05, 0.1) is 9.90 Å². The highest BCUT2D eigenvalue weighted by atomic mass is 35.5. The SMILES string of the molecule is C[C@H]1CCC[C@H](C)N1C(=O)COC(=O)c1ccc(NS(=O)(=O)c2ccc(Cl)s2)cc1. The summed E-state index contributed by atoms with van der Waals surface area (Å²) in [4.78, 5) is 26.5. The van der Waals surface area contributed by atoms with Crippen LogP contribution in [0.4, 0.5) is 5.69 Å². The van der Waals surface area contributed by atoms with E-state index in [1.807, 2.05) is 13.8 Å². The zero-order valence-electron chi connectivity index (χ0n) is 16.6. The number of piperidine rings is 1. The van der Waals surface area contributed by atoms with Crippen LogP contribution in [0.5, 0.6) is 0 Å². The third-order valence-corrected chi connectivity index (χ3v) is 8.10. The Morgan fingerprint density at radius 1 is 1.13 bits per heavy atom. The smallest absolute Gasteiger partial charge is 0.338 e. The average molecular weight is 471 g/mol. The van der Waals surface area contributed by atoms with Gasteiger partial charge in [-0.2, -0.15) is 0 Å². The number of halogens is 1. The summed E-state index contributed by atoms with van der Waals surface area (Å²) in [6.07, 6.45) is 2.97. The minimum Gasteiger partial charge on any atom is -0.452 e. The topological polar surface area (TPSA) is 92.8 Å². The van der Waals surface area contributed by atoms with Crippen LogP contribution in [0.15, 0.2) is 40.6 Å². The number of esters is 1. The number of hydrogen-bond donors (Lipinski definition) is 1. The maximum absolute atomic E-state index is 12.5. The van der Waals surface area contributed by atoms with Crippen molar-refractivity contribution in [2.24, 2.45) is 0 Å². The van der Waals surface area contributed by atoms with Crippen LogP contribution in [0.1, 0.15) is 43.5 Å². The molecule has 2 heterocycles. The molecule has 30 heavy (non-hydrogen) atoms. The normalized spacial score (nSPS) is 19.4. The van der Waals surface area contributed by atoms with Crippen molar-refractivity contribution in [3.05, 3.63) is 46.3 Å². The maximum Gasteiger partial charge on any atom is 0.338 e. The lowest BCUT2D eigenvalue weighted by Crippen LogP contribution is -2.49. The van der Waals surface area contributed by atoms with Crippen molar-refractivity contribution < 1.29 is 22.7 Å². The number of nitrogens with zero attached hydrogens (tertiary/aromatic N) is 1. The average Bonchev–Trinajstić information content (AvgIpc) is 3.14. The van der Waals surface area contributed by atoms with E-state index in [0.717, 1.165) is 30.6 Å². The van der Waals surface area contributed by atoms with Crippen LogP contribution in [0, 0.1) is 0 Å². The zero-order valence-corrected chi connectivity index (χ0v) is 19.0. The molecule has 1 aliphatic rings. The van der Waals surface area contributed by atoms with Crippen LogP contribution in [-0.2, 0) is 19.6 Å². The molecule has 0 bridgehead atoms. The molecule has 0 unspecified atom stereocenters. The van der Waals surface area contributed by atoms with E-state index in [1.165, 1.54) is 36.4 Å². The second-order valence-electron chi connectivity index (χ2n) is 7.25. The van der Waals surface area contributed by atoms with Gasteiger partial charge < -0.3 is 9.64 Å². The number of sulfonamides is 1. The Kier molecular flexibility index (Phi) is 7.05. The van der Waals surface area contributed by atoms with E-state index in [2.05, 4.69) is 4.72 Å². The fourth-order valence-corrected chi connectivity index (χ4v) is 6.06. The fraction of sp³-hybridized carbons (Fsp3) is 0.400. The number of carbonyl (C=O) groups is 2. The minimum atomic E-state index is -3.75. The van der Waals surface area contributed by atoms with Crippen molar-refractivity contribution in [3.63, 3.8) is 0 Å². The molecule has 1 saturated heterocycles. The number of amides is 1. The van der Waals surface area contributed by atoms with Crippen LogP contribution in [0.2, 0.25) is 4.34 Å². The standard InChI is InChI=1S/C20H23ClN2O5S2/c1-13-4-3-5-14(2)23(13)18(24)12-28-20(25)15-6-8-16(9-7-15)22-30(26,27)19-11-10-17(21)29-19/h6-11,13-14,22H,3-5,12H2,1-2H3/t13-,14-/m0/s1. The van der Waals surface area contributed by atoms with E-state index in [4.69, 9.17) is 16.3 Å². The van der Waals surface area contributed by atoms with Crippen LogP contribution in [-0.4, -0.2) is 43.9 Å². The van der Waals surface area contributed by atoms with E-state index in [9.17, 15) is 18.0 Å². The van der Waals surface area contributed by atoms with Gasteiger partial charge in [-0.05, 0) is 69.5 Å². The molecule has 0 spiro atoms. The molecular formula is C20H23ClN2O5S2. The first-order valence-corrected chi connectivity index (χ1v) is 12.2. The predicted octanol–water partition coefficient (Wildman–Crippen LogP) is 4.15. The number of carbonyl (C=O) groups excluding carboxylic acids is 2. The maximum atomic E-state index is 12.5. The molecule has 2 aromatic rings. The van der Waals surface area contributed by atoms with E-state index in [-0.39, 0.29) is 34.4 Å². The van der Waals surface area contributed by atoms with Crippen molar-refractivity contribution >= 4 is 50.5 Å². The number of benzene rings is 1. The molecule has 10 heteroatoms. The summed E-state index contributed by atoms with van der Waals surface area (Å²) in [5, 5.41) is 0. The summed E-state index contributed by atoms with van der Waals surface area (Å²) in [6.45, 7) is 3.68. The molecule has 162 valence electrons. The quantitative estimate of drug-likeness (QED) is 0.640. The van der Waals surface area contributed by atoms with Gasteiger partial charge in [-0.25, -0.2) is 13.2 Å². The van der Waals surface area contributed by atoms with E-state index in [1.54, 1.807) is 4.90 Å². The molecule has 1 aliphatic heterocycles. The van der Waals surface area contributed by atoms with Crippen molar-refractivity contribution in [3.8, 4) is 0 Å². The second kappa shape index (κ2) is 9.36. The van der Waals surface area contributed by atoms with Gasteiger partial charge in [-0.3, -0.25) is 9.52 Å². The minimum absolute atomic E-state index is 0.0932. The molecule has 0 aliphatic carbocycles. The number of thiophene rings is 1. The molecule has 1 fully saturated rings. The van der Waals surface area contributed by atoms with Crippen molar-refractivity contribution in [2.75, 3.05) is 11.3 Å². The molecule has 3 rings (SSSR count). The first-order chi connectivity index (χ1) is 14.2. The summed E-state index contributed by atoms with van der Waals surface area (Å²) >= 11 is 6.74. The molecular weight excluding hydrogens is 448 g/mol. The fourth-order valence-electron chi connectivity index (χ4n) is 3.52. The molecule has 0 saturated carbocycles. The highest BCUT2D eigenvalue weighted by Crippen LogP contribution is 2.27. The summed E-state index contributed by atoms with van der Waals surface area (Å²) < 4.78 is 32.7. The van der Waals surface area contributed by atoms with Gasteiger partial charge in [0, 0.05) is 17.8 Å². The van der Waals surface area contributed by atoms with Crippen LogP contribution >= 0.6 is 22.9 Å². The number of nitrogens with one attached hydrogen (secondary N) is 1. The van der Waals surface area contributed by atoms with Gasteiger partial charge in [0.2, 0.25) is 0 Å². The second-order valence-corrected chi connectivity index (χ2v) is 10.9. The molecule has 1 N–H and O–H groups in total. The van der Waals surface area contributed by atoms with E-state index >= 15 is 0 Å². The van der Waals surface area contributed by atoms with E-state index < -0.39 is 16.0 Å². The Balaban J connectivity index is 1.58. The molecule has 1 amide bonds. The molecule has 0 radical (unpaired) electrons. The van der Waals surface area contributed by atoms with Gasteiger partial charge in [0.25, 0.3) is 15.9 Å². The van der Waals surface area contributed by atoms with E-state index in [0.29, 0.717) is 10.0 Å². The first-order valence-electron chi connectivity index (χ1n) is 9.54. The van der Waals surface area contributed by atoms with Crippen LogP contribution in [0.3, 0.4) is 0 Å². The van der Waals surface area contributed by atoms with Gasteiger partial charge >= 0.3 is 5.97 Å².